The van der Waals surface area contributed by atoms with Crippen LogP contribution in [0.25, 0.3) is 11.1 Å². The monoisotopic (exact) mass is 425 g/mol. The number of nitrogens with zero attached hydrogens (tertiary/aromatic N) is 2. The molecule has 0 saturated heterocycles. The fraction of sp³-hybridized carbons (Fsp3) is 0.304. The summed E-state index contributed by atoms with van der Waals surface area (Å²) in [5.74, 6) is 0.915. The van der Waals surface area contributed by atoms with Crippen molar-refractivity contribution < 1.29 is 4.74 Å². The van der Waals surface area contributed by atoms with Crippen LogP contribution in [0.5, 0.6) is 5.75 Å². The molecule has 2 saturated carbocycles. The number of rotatable bonds is 7. The molecular weight excluding hydrogens is 405 g/mol. The second-order valence-electron chi connectivity index (χ2n) is 7.78. The first-order chi connectivity index (χ1) is 14.1. The number of hydrogen-bond acceptors (Lipinski definition) is 4. The van der Waals surface area contributed by atoms with Gasteiger partial charge in [0.25, 0.3) is 0 Å². The van der Waals surface area contributed by atoms with Crippen molar-refractivity contribution in [2.24, 2.45) is 0 Å². The average molecular weight is 426 g/mol. The van der Waals surface area contributed by atoms with Crippen LogP contribution in [0.4, 0.5) is 0 Å². The zero-order chi connectivity index (χ0) is 19.8. The first-order valence-electron chi connectivity index (χ1n) is 9.92. The summed E-state index contributed by atoms with van der Waals surface area (Å²) in [4.78, 5) is 0. The molecule has 1 heterocycles. The second kappa shape index (κ2) is 7.60. The number of para-hydroxylation sites is 1. The quantitative estimate of drug-likeness (QED) is 0.521. The predicted octanol–water partition coefficient (Wildman–Crippen LogP) is 5.77. The molecule has 148 valence electrons. The van der Waals surface area contributed by atoms with Crippen LogP contribution >= 0.6 is 23.2 Å². The van der Waals surface area contributed by atoms with Crippen molar-refractivity contribution in [1.82, 2.24) is 15.5 Å². The lowest BCUT2D eigenvalue weighted by molar-refractivity contribution is 0.304. The SMILES string of the molecule is Clc1ccc(Cl)c(CNC2(c3nnccc3-c3ccccc3OC3CC3)CC2)c1. The third-order valence-electron chi connectivity index (χ3n) is 5.54. The van der Waals surface area contributed by atoms with Crippen molar-refractivity contribution in [1.29, 1.82) is 0 Å². The Kier molecular flexibility index (Phi) is 4.94. The molecule has 2 aromatic carbocycles. The smallest absolute Gasteiger partial charge is 0.127 e. The predicted molar refractivity (Wildman–Crippen MR) is 115 cm³/mol. The van der Waals surface area contributed by atoms with E-state index in [-0.39, 0.29) is 5.54 Å². The van der Waals surface area contributed by atoms with Crippen LogP contribution < -0.4 is 10.1 Å². The Morgan fingerprint density at radius 2 is 1.86 bits per heavy atom. The van der Waals surface area contributed by atoms with Crippen LogP contribution in [-0.2, 0) is 12.1 Å². The summed E-state index contributed by atoms with van der Waals surface area (Å²) in [5.41, 5.74) is 3.87. The minimum Gasteiger partial charge on any atom is -0.490 e. The molecule has 0 radical (unpaired) electrons. The first-order valence-corrected chi connectivity index (χ1v) is 10.7. The second-order valence-corrected chi connectivity index (χ2v) is 8.62. The largest absolute Gasteiger partial charge is 0.490 e. The van der Waals surface area contributed by atoms with E-state index in [0.29, 0.717) is 22.7 Å². The summed E-state index contributed by atoms with van der Waals surface area (Å²) in [6.07, 6.45) is 6.35. The molecule has 0 amide bonds. The summed E-state index contributed by atoms with van der Waals surface area (Å²) in [5, 5.41) is 13.8. The van der Waals surface area contributed by atoms with E-state index in [1.165, 1.54) is 0 Å². The summed E-state index contributed by atoms with van der Waals surface area (Å²) < 4.78 is 6.16. The Bertz CT molecular complexity index is 1050. The van der Waals surface area contributed by atoms with E-state index in [1.54, 1.807) is 12.3 Å². The molecule has 2 aliphatic carbocycles. The molecule has 3 aromatic rings. The lowest BCUT2D eigenvalue weighted by atomic mass is 9.98. The van der Waals surface area contributed by atoms with E-state index in [0.717, 1.165) is 53.8 Å². The van der Waals surface area contributed by atoms with Gasteiger partial charge in [-0.2, -0.15) is 10.2 Å². The molecule has 0 spiro atoms. The Morgan fingerprint density at radius 1 is 1.03 bits per heavy atom. The van der Waals surface area contributed by atoms with E-state index in [4.69, 9.17) is 27.9 Å². The van der Waals surface area contributed by atoms with Crippen molar-refractivity contribution in [2.45, 2.75) is 43.9 Å². The van der Waals surface area contributed by atoms with Crippen LogP contribution in [0.3, 0.4) is 0 Å². The molecule has 29 heavy (non-hydrogen) atoms. The van der Waals surface area contributed by atoms with Gasteiger partial charge < -0.3 is 10.1 Å². The molecule has 6 heteroatoms. The van der Waals surface area contributed by atoms with Crippen molar-refractivity contribution in [3.8, 4) is 16.9 Å². The van der Waals surface area contributed by atoms with Gasteiger partial charge in [-0.15, -0.1) is 0 Å². The molecule has 5 rings (SSSR count). The molecule has 4 nitrogen and oxygen atoms in total. The van der Waals surface area contributed by atoms with Gasteiger partial charge in [0.1, 0.15) is 5.75 Å². The molecule has 1 aromatic heterocycles. The lowest BCUT2D eigenvalue weighted by Gasteiger charge is -2.21. The zero-order valence-corrected chi connectivity index (χ0v) is 17.4. The molecule has 0 aliphatic heterocycles. The summed E-state index contributed by atoms with van der Waals surface area (Å²) in [6.45, 7) is 0.621. The first kappa shape index (κ1) is 18.9. The van der Waals surface area contributed by atoms with Gasteiger partial charge in [-0.1, -0.05) is 41.4 Å². The molecule has 2 fully saturated rings. The molecule has 2 aliphatic rings. The van der Waals surface area contributed by atoms with Crippen molar-refractivity contribution >= 4 is 23.2 Å². The molecular formula is C23H21Cl2N3O. The minimum atomic E-state index is -0.206. The topological polar surface area (TPSA) is 47.0 Å². The molecule has 0 atom stereocenters. The number of hydrogen-bond donors (Lipinski definition) is 1. The number of benzene rings is 2. The number of aromatic nitrogens is 2. The van der Waals surface area contributed by atoms with E-state index in [9.17, 15) is 0 Å². The fourth-order valence-corrected chi connectivity index (χ4v) is 4.00. The van der Waals surface area contributed by atoms with Crippen LogP contribution in [-0.4, -0.2) is 16.3 Å². The maximum atomic E-state index is 6.35. The van der Waals surface area contributed by atoms with Gasteiger partial charge in [0, 0.05) is 27.7 Å². The van der Waals surface area contributed by atoms with E-state index in [2.05, 4.69) is 21.6 Å². The average Bonchev–Trinajstić information content (AvgIpc) is 3.66. The van der Waals surface area contributed by atoms with Crippen LogP contribution in [0, 0.1) is 0 Å². The summed E-state index contributed by atoms with van der Waals surface area (Å²) >= 11 is 12.5. The van der Waals surface area contributed by atoms with E-state index < -0.39 is 0 Å². The maximum absolute atomic E-state index is 6.35. The highest BCUT2D eigenvalue weighted by atomic mass is 35.5. The number of halogens is 2. The van der Waals surface area contributed by atoms with Gasteiger partial charge in [0.2, 0.25) is 0 Å². The number of nitrogens with one attached hydrogen (secondary N) is 1. The third kappa shape index (κ3) is 3.97. The maximum Gasteiger partial charge on any atom is 0.127 e. The molecule has 1 N–H and O–H groups in total. The Balaban J connectivity index is 1.46. The normalized spacial score (nSPS) is 17.2. The van der Waals surface area contributed by atoms with Gasteiger partial charge in [0.15, 0.2) is 0 Å². The Labute approximate surface area is 180 Å². The fourth-order valence-electron chi connectivity index (χ4n) is 3.63. The van der Waals surface area contributed by atoms with E-state index >= 15 is 0 Å². The van der Waals surface area contributed by atoms with Crippen LogP contribution in [0.15, 0.2) is 54.7 Å². The zero-order valence-electron chi connectivity index (χ0n) is 15.9. The van der Waals surface area contributed by atoms with Crippen molar-refractivity contribution in [3.63, 3.8) is 0 Å². The third-order valence-corrected chi connectivity index (χ3v) is 6.15. The van der Waals surface area contributed by atoms with Crippen LogP contribution in [0.2, 0.25) is 10.0 Å². The van der Waals surface area contributed by atoms with Gasteiger partial charge in [-0.05, 0) is 61.6 Å². The van der Waals surface area contributed by atoms with Gasteiger partial charge in [-0.3, -0.25) is 0 Å². The number of ether oxygens (including phenoxy) is 1. The minimum absolute atomic E-state index is 0.206. The summed E-state index contributed by atoms with van der Waals surface area (Å²) in [7, 11) is 0. The summed E-state index contributed by atoms with van der Waals surface area (Å²) in [6, 6.07) is 15.8. The van der Waals surface area contributed by atoms with Gasteiger partial charge in [0.05, 0.1) is 23.5 Å². The highest BCUT2D eigenvalue weighted by Gasteiger charge is 2.47. The molecule has 0 bridgehead atoms. The van der Waals surface area contributed by atoms with Gasteiger partial charge >= 0.3 is 0 Å². The standard InChI is InChI=1S/C23H21Cl2N3O/c24-16-5-8-20(25)15(13-16)14-26-23(10-11-23)22-19(9-12-27-28-22)18-3-1-2-4-21(18)29-17-6-7-17/h1-5,8-9,12-13,17,26H,6-7,10-11,14H2. The van der Waals surface area contributed by atoms with Crippen molar-refractivity contribution in [3.05, 3.63) is 76.0 Å². The Hall–Kier alpha value is -2.14. The molecule has 0 unspecified atom stereocenters. The van der Waals surface area contributed by atoms with Gasteiger partial charge in [-0.25, -0.2) is 0 Å². The Morgan fingerprint density at radius 3 is 2.66 bits per heavy atom. The lowest BCUT2D eigenvalue weighted by Crippen LogP contribution is -2.30. The highest BCUT2D eigenvalue weighted by molar-refractivity contribution is 6.33. The van der Waals surface area contributed by atoms with Crippen molar-refractivity contribution in [2.75, 3.05) is 0 Å². The highest BCUT2D eigenvalue weighted by Crippen LogP contribution is 2.49. The van der Waals surface area contributed by atoms with E-state index in [1.807, 2.05) is 36.4 Å². The van der Waals surface area contributed by atoms with Crippen LogP contribution in [0.1, 0.15) is 36.9 Å².